The van der Waals surface area contributed by atoms with E-state index in [2.05, 4.69) is 4.72 Å². The molecule has 0 aliphatic heterocycles. The van der Waals surface area contributed by atoms with Crippen LogP contribution < -0.4 is 4.72 Å². The van der Waals surface area contributed by atoms with Gasteiger partial charge >= 0.3 is 0 Å². The third kappa shape index (κ3) is 6.16. The van der Waals surface area contributed by atoms with Crippen molar-refractivity contribution in [1.29, 1.82) is 0 Å². The van der Waals surface area contributed by atoms with Crippen LogP contribution in [0.15, 0.2) is 83.8 Å². The maximum atomic E-state index is 12.9. The van der Waals surface area contributed by atoms with Crippen LogP contribution in [0.1, 0.15) is 21.5 Å². The van der Waals surface area contributed by atoms with E-state index in [4.69, 9.17) is 0 Å². The summed E-state index contributed by atoms with van der Waals surface area (Å²) in [6, 6.07) is 22.7. The van der Waals surface area contributed by atoms with Crippen molar-refractivity contribution in [3.8, 4) is 0 Å². The summed E-state index contributed by atoms with van der Waals surface area (Å²) < 4.78 is 27.8. The molecule has 162 valence electrons. The predicted octanol–water partition coefficient (Wildman–Crippen LogP) is 3.47. The quantitative estimate of drug-likeness (QED) is 0.536. The van der Waals surface area contributed by atoms with Gasteiger partial charge in [-0.25, -0.2) is 8.42 Å². The van der Waals surface area contributed by atoms with Crippen LogP contribution in [0.5, 0.6) is 0 Å². The Balaban J connectivity index is 1.70. The highest BCUT2D eigenvalue weighted by Crippen LogP contribution is 2.18. The lowest BCUT2D eigenvalue weighted by molar-refractivity contribution is 0.0724. The van der Waals surface area contributed by atoms with Gasteiger partial charge in [0.2, 0.25) is 0 Å². The first-order valence-electron chi connectivity index (χ1n) is 10.0. The minimum absolute atomic E-state index is 0.0719. The Kier molecular flexibility index (Phi) is 7.44. The molecule has 0 bridgehead atoms. The number of aliphatic hydroxyl groups is 1. The summed E-state index contributed by atoms with van der Waals surface area (Å²) in [5.41, 5.74) is 2.98. The molecule has 0 radical (unpaired) electrons. The minimum Gasteiger partial charge on any atom is -0.395 e. The van der Waals surface area contributed by atoms with Gasteiger partial charge in [0.05, 0.1) is 11.5 Å². The number of carbonyl (C=O) groups is 1. The zero-order valence-corrected chi connectivity index (χ0v) is 18.2. The van der Waals surface area contributed by atoms with E-state index in [9.17, 15) is 18.3 Å². The molecule has 0 saturated carbocycles. The number of aryl methyl sites for hydroxylation is 1. The lowest BCUT2D eigenvalue weighted by Crippen LogP contribution is -2.35. The van der Waals surface area contributed by atoms with Crippen molar-refractivity contribution in [2.75, 3.05) is 24.4 Å². The number of carbonyl (C=O) groups excluding carboxylic acids is 1. The van der Waals surface area contributed by atoms with Crippen LogP contribution in [-0.2, 0) is 16.4 Å². The Hall–Kier alpha value is -3.16. The standard InChI is InChI=1S/C24H26N2O4S/c1-19-7-11-22(12-8-19)25-31(29,30)23-13-9-21(10-14-23)24(28)26(17-18-27)16-15-20-5-3-2-4-6-20/h2-14,25,27H,15-18H2,1H3. The van der Waals surface area contributed by atoms with Gasteiger partial charge in [0, 0.05) is 24.3 Å². The number of anilines is 1. The van der Waals surface area contributed by atoms with E-state index in [0.29, 0.717) is 24.2 Å². The van der Waals surface area contributed by atoms with Gasteiger partial charge < -0.3 is 10.0 Å². The average molecular weight is 439 g/mol. The molecule has 0 fully saturated rings. The fraction of sp³-hybridized carbons (Fsp3) is 0.208. The van der Waals surface area contributed by atoms with Crippen LogP contribution in [0, 0.1) is 6.92 Å². The third-order valence-electron chi connectivity index (χ3n) is 4.89. The van der Waals surface area contributed by atoms with Gasteiger partial charge in [-0.05, 0) is 55.3 Å². The van der Waals surface area contributed by atoms with Crippen molar-refractivity contribution >= 4 is 21.6 Å². The van der Waals surface area contributed by atoms with Gasteiger partial charge in [-0.15, -0.1) is 0 Å². The fourth-order valence-electron chi connectivity index (χ4n) is 3.14. The van der Waals surface area contributed by atoms with Gasteiger partial charge in [-0.1, -0.05) is 48.0 Å². The second kappa shape index (κ2) is 10.2. The van der Waals surface area contributed by atoms with Crippen molar-refractivity contribution in [2.24, 2.45) is 0 Å². The lowest BCUT2D eigenvalue weighted by atomic mass is 10.1. The van der Waals surface area contributed by atoms with E-state index >= 15 is 0 Å². The molecule has 0 heterocycles. The fourth-order valence-corrected chi connectivity index (χ4v) is 4.20. The van der Waals surface area contributed by atoms with E-state index in [1.165, 1.54) is 24.3 Å². The Morgan fingerprint density at radius 2 is 1.55 bits per heavy atom. The first kappa shape index (κ1) is 22.5. The molecular weight excluding hydrogens is 412 g/mol. The highest BCUT2D eigenvalue weighted by molar-refractivity contribution is 7.92. The average Bonchev–Trinajstić information content (AvgIpc) is 2.78. The molecule has 2 N–H and O–H groups in total. The summed E-state index contributed by atoms with van der Waals surface area (Å²) in [5.74, 6) is -0.250. The highest BCUT2D eigenvalue weighted by Gasteiger charge is 2.18. The molecule has 7 heteroatoms. The second-order valence-corrected chi connectivity index (χ2v) is 8.93. The summed E-state index contributed by atoms with van der Waals surface area (Å²) in [4.78, 5) is 14.5. The number of nitrogens with zero attached hydrogens (tertiary/aromatic N) is 1. The number of sulfonamides is 1. The summed E-state index contributed by atoms with van der Waals surface area (Å²) >= 11 is 0. The highest BCUT2D eigenvalue weighted by atomic mass is 32.2. The number of aliphatic hydroxyl groups excluding tert-OH is 1. The molecule has 3 aromatic rings. The number of amides is 1. The molecule has 0 spiro atoms. The molecular formula is C24H26N2O4S. The van der Waals surface area contributed by atoms with Crippen LogP contribution in [0.4, 0.5) is 5.69 Å². The summed E-state index contributed by atoms with van der Waals surface area (Å²) in [5, 5.41) is 9.36. The Labute approximate surface area is 183 Å². The molecule has 1 amide bonds. The van der Waals surface area contributed by atoms with E-state index in [1.807, 2.05) is 49.4 Å². The number of benzene rings is 3. The van der Waals surface area contributed by atoms with E-state index in [1.54, 1.807) is 17.0 Å². The van der Waals surface area contributed by atoms with Crippen LogP contribution in [0.3, 0.4) is 0 Å². The Morgan fingerprint density at radius 1 is 0.903 bits per heavy atom. The first-order valence-corrected chi connectivity index (χ1v) is 11.5. The maximum Gasteiger partial charge on any atom is 0.261 e. The molecule has 3 rings (SSSR count). The molecule has 0 aliphatic rings. The molecule has 0 aromatic heterocycles. The van der Waals surface area contributed by atoms with Crippen molar-refractivity contribution < 1.29 is 18.3 Å². The third-order valence-corrected chi connectivity index (χ3v) is 6.28. The number of hydrogen-bond donors (Lipinski definition) is 2. The van der Waals surface area contributed by atoms with Crippen molar-refractivity contribution in [2.45, 2.75) is 18.2 Å². The maximum absolute atomic E-state index is 12.9. The molecule has 0 atom stereocenters. The lowest BCUT2D eigenvalue weighted by Gasteiger charge is -2.22. The molecule has 0 unspecified atom stereocenters. The Bertz CT molecular complexity index is 1100. The number of rotatable bonds is 9. The molecule has 0 aliphatic carbocycles. The van der Waals surface area contributed by atoms with E-state index in [0.717, 1.165) is 11.1 Å². The molecule has 31 heavy (non-hydrogen) atoms. The van der Waals surface area contributed by atoms with Crippen LogP contribution in [0.25, 0.3) is 0 Å². The van der Waals surface area contributed by atoms with Gasteiger partial charge in [0.1, 0.15) is 0 Å². The second-order valence-electron chi connectivity index (χ2n) is 7.25. The van der Waals surface area contributed by atoms with Crippen molar-refractivity contribution in [3.05, 3.63) is 95.6 Å². The number of hydrogen-bond acceptors (Lipinski definition) is 4. The zero-order chi connectivity index (χ0) is 22.3. The SMILES string of the molecule is Cc1ccc(NS(=O)(=O)c2ccc(C(=O)N(CCO)CCc3ccccc3)cc2)cc1. The van der Waals surface area contributed by atoms with Crippen LogP contribution in [0.2, 0.25) is 0 Å². The Morgan fingerprint density at radius 3 is 2.16 bits per heavy atom. The summed E-state index contributed by atoms with van der Waals surface area (Å²) in [7, 11) is -3.76. The topological polar surface area (TPSA) is 86.7 Å². The van der Waals surface area contributed by atoms with E-state index < -0.39 is 10.0 Å². The van der Waals surface area contributed by atoms with Crippen molar-refractivity contribution in [3.63, 3.8) is 0 Å². The molecule has 6 nitrogen and oxygen atoms in total. The van der Waals surface area contributed by atoms with Crippen LogP contribution in [-0.4, -0.2) is 44.0 Å². The smallest absolute Gasteiger partial charge is 0.261 e. The van der Waals surface area contributed by atoms with Gasteiger partial charge in [-0.3, -0.25) is 9.52 Å². The van der Waals surface area contributed by atoms with Crippen molar-refractivity contribution in [1.82, 2.24) is 4.90 Å². The molecule has 3 aromatic carbocycles. The largest absolute Gasteiger partial charge is 0.395 e. The normalized spacial score (nSPS) is 11.2. The van der Waals surface area contributed by atoms with E-state index in [-0.39, 0.29) is 24.0 Å². The summed E-state index contributed by atoms with van der Waals surface area (Å²) in [6.45, 7) is 2.44. The zero-order valence-electron chi connectivity index (χ0n) is 17.4. The van der Waals surface area contributed by atoms with Gasteiger partial charge in [0.25, 0.3) is 15.9 Å². The molecule has 0 saturated heterocycles. The summed E-state index contributed by atoms with van der Waals surface area (Å²) in [6.07, 6.45) is 0.666. The van der Waals surface area contributed by atoms with Gasteiger partial charge in [-0.2, -0.15) is 0 Å². The van der Waals surface area contributed by atoms with Gasteiger partial charge in [0.15, 0.2) is 0 Å². The predicted molar refractivity (Wildman–Crippen MR) is 122 cm³/mol. The van der Waals surface area contributed by atoms with Crippen LogP contribution >= 0.6 is 0 Å². The monoisotopic (exact) mass is 438 g/mol. The number of nitrogens with one attached hydrogen (secondary N) is 1. The minimum atomic E-state index is -3.76. The first-order chi connectivity index (χ1) is 14.9.